The molecule has 2 rings (SSSR count). The van der Waals surface area contributed by atoms with Gasteiger partial charge in [0, 0.05) is 12.5 Å². The number of nitrogens with zero attached hydrogens (tertiary/aromatic N) is 2. The summed E-state index contributed by atoms with van der Waals surface area (Å²) < 4.78 is 1.36. The third kappa shape index (κ3) is 1.81. The van der Waals surface area contributed by atoms with Crippen LogP contribution in [0.3, 0.4) is 0 Å². The van der Waals surface area contributed by atoms with Crippen LogP contribution in [0.1, 0.15) is 24.5 Å². The van der Waals surface area contributed by atoms with Crippen LogP contribution in [0.2, 0.25) is 5.02 Å². The van der Waals surface area contributed by atoms with Crippen molar-refractivity contribution in [2.75, 3.05) is 6.54 Å². The van der Waals surface area contributed by atoms with Gasteiger partial charge in [-0.2, -0.15) is 5.10 Å². The van der Waals surface area contributed by atoms with E-state index < -0.39 is 0 Å². The van der Waals surface area contributed by atoms with Crippen LogP contribution in [-0.2, 0) is 6.54 Å². The van der Waals surface area contributed by atoms with Crippen molar-refractivity contribution in [1.29, 1.82) is 0 Å². The predicted octanol–water partition coefficient (Wildman–Crippen LogP) is 0.733. The molecule has 76 valence electrons. The lowest BCUT2D eigenvalue weighted by atomic mass is 10.3. The summed E-state index contributed by atoms with van der Waals surface area (Å²) in [6, 6.07) is 1.68. The van der Waals surface area contributed by atoms with Gasteiger partial charge in [0.25, 0.3) is 5.56 Å². The van der Waals surface area contributed by atoms with Crippen molar-refractivity contribution < 1.29 is 0 Å². The molecule has 2 N–H and O–H groups in total. The number of halogens is 1. The lowest BCUT2D eigenvalue weighted by molar-refractivity contribution is 0.573. The van der Waals surface area contributed by atoms with Crippen LogP contribution >= 0.6 is 11.6 Å². The van der Waals surface area contributed by atoms with Gasteiger partial charge in [-0.15, -0.1) is 0 Å². The Bertz CT molecular complexity index is 398. The monoisotopic (exact) mass is 213 g/mol. The molecule has 1 aliphatic carbocycles. The first kappa shape index (κ1) is 9.68. The topological polar surface area (TPSA) is 60.9 Å². The predicted molar refractivity (Wildman–Crippen MR) is 54.5 cm³/mol. The third-order valence-corrected chi connectivity index (χ3v) is 2.56. The fraction of sp³-hybridized carbons (Fsp3) is 0.556. The first-order valence-corrected chi connectivity index (χ1v) is 5.08. The Morgan fingerprint density at radius 2 is 2.36 bits per heavy atom. The molecule has 0 unspecified atom stereocenters. The molecule has 0 amide bonds. The highest BCUT2D eigenvalue weighted by Gasteiger charge is 2.26. The molecule has 4 nitrogen and oxygen atoms in total. The van der Waals surface area contributed by atoms with Crippen LogP contribution in [-0.4, -0.2) is 16.3 Å². The summed E-state index contributed by atoms with van der Waals surface area (Å²) in [5.41, 5.74) is 6.05. The quantitative estimate of drug-likeness (QED) is 0.806. The van der Waals surface area contributed by atoms with Gasteiger partial charge < -0.3 is 5.73 Å². The normalized spacial score (nSPS) is 15.9. The summed E-state index contributed by atoms with van der Waals surface area (Å²) in [5, 5.41) is 4.47. The molecule has 0 bridgehead atoms. The summed E-state index contributed by atoms with van der Waals surface area (Å²) in [6.45, 7) is 0.830. The second kappa shape index (κ2) is 3.71. The van der Waals surface area contributed by atoms with Crippen LogP contribution in [0.15, 0.2) is 10.9 Å². The summed E-state index contributed by atoms with van der Waals surface area (Å²) in [6.07, 6.45) is 2.29. The molecule has 0 aliphatic heterocycles. The third-order valence-electron chi connectivity index (χ3n) is 2.29. The van der Waals surface area contributed by atoms with Crippen molar-refractivity contribution in [1.82, 2.24) is 9.78 Å². The molecule has 1 saturated carbocycles. The van der Waals surface area contributed by atoms with E-state index in [1.165, 1.54) is 4.68 Å². The Labute approximate surface area is 86.7 Å². The summed E-state index contributed by atoms with van der Waals surface area (Å²) in [7, 11) is 0. The first-order valence-electron chi connectivity index (χ1n) is 4.70. The SMILES string of the molecule is NCCn1nc(C2CC2)cc(Cl)c1=O. The second-order valence-electron chi connectivity index (χ2n) is 3.51. The average molecular weight is 214 g/mol. The van der Waals surface area contributed by atoms with Crippen molar-refractivity contribution in [2.24, 2.45) is 5.73 Å². The summed E-state index contributed by atoms with van der Waals surface area (Å²) in [5.74, 6) is 0.497. The molecule has 5 heteroatoms. The van der Waals surface area contributed by atoms with E-state index in [-0.39, 0.29) is 10.6 Å². The minimum absolute atomic E-state index is 0.246. The van der Waals surface area contributed by atoms with Crippen LogP contribution in [0.25, 0.3) is 0 Å². The maximum Gasteiger partial charge on any atom is 0.285 e. The highest BCUT2D eigenvalue weighted by atomic mass is 35.5. The molecule has 0 radical (unpaired) electrons. The van der Waals surface area contributed by atoms with Gasteiger partial charge in [0.1, 0.15) is 5.02 Å². The van der Waals surface area contributed by atoms with E-state index in [1.807, 2.05) is 0 Å². The largest absolute Gasteiger partial charge is 0.329 e. The van der Waals surface area contributed by atoms with E-state index in [9.17, 15) is 4.79 Å². The van der Waals surface area contributed by atoms with Gasteiger partial charge in [-0.1, -0.05) is 11.6 Å². The zero-order valence-corrected chi connectivity index (χ0v) is 8.50. The van der Waals surface area contributed by atoms with Gasteiger partial charge in [0.2, 0.25) is 0 Å². The summed E-state index contributed by atoms with van der Waals surface area (Å²) >= 11 is 5.81. The van der Waals surface area contributed by atoms with Crippen molar-refractivity contribution >= 4 is 11.6 Å². The molecule has 1 aromatic heterocycles. The van der Waals surface area contributed by atoms with Crippen LogP contribution in [0.4, 0.5) is 0 Å². The standard InChI is InChI=1S/C9H12ClN3O/c10-7-5-8(6-1-2-6)12-13(4-3-11)9(7)14/h5-6H,1-4,11H2. The molecule has 1 aliphatic rings. The van der Waals surface area contributed by atoms with Gasteiger partial charge in [-0.3, -0.25) is 4.79 Å². The van der Waals surface area contributed by atoms with Crippen LogP contribution in [0, 0.1) is 0 Å². The second-order valence-corrected chi connectivity index (χ2v) is 3.92. The maximum atomic E-state index is 11.5. The molecule has 1 heterocycles. The van der Waals surface area contributed by atoms with Crippen LogP contribution < -0.4 is 11.3 Å². The average Bonchev–Trinajstić information content (AvgIpc) is 2.96. The molecular formula is C9H12ClN3O. The molecular weight excluding hydrogens is 202 g/mol. The maximum absolute atomic E-state index is 11.5. The smallest absolute Gasteiger partial charge is 0.285 e. The zero-order valence-electron chi connectivity index (χ0n) is 7.74. The van der Waals surface area contributed by atoms with E-state index >= 15 is 0 Å². The molecule has 1 fully saturated rings. The molecule has 0 saturated heterocycles. The van der Waals surface area contributed by atoms with E-state index in [4.69, 9.17) is 17.3 Å². The van der Waals surface area contributed by atoms with E-state index in [0.29, 0.717) is 19.0 Å². The Kier molecular flexibility index (Phi) is 2.56. The fourth-order valence-electron chi connectivity index (χ4n) is 1.38. The molecule has 0 atom stereocenters. The summed E-state index contributed by atoms with van der Waals surface area (Å²) in [4.78, 5) is 11.5. The Morgan fingerprint density at radius 1 is 1.64 bits per heavy atom. The Hall–Kier alpha value is -0.870. The van der Waals surface area contributed by atoms with Gasteiger partial charge in [-0.05, 0) is 18.9 Å². The molecule has 0 aromatic carbocycles. The Balaban J connectivity index is 2.41. The fourth-order valence-corrected chi connectivity index (χ4v) is 1.59. The minimum Gasteiger partial charge on any atom is -0.329 e. The van der Waals surface area contributed by atoms with Gasteiger partial charge >= 0.3 is 0 Å². The number of nitrogens with two attached hydrogens (primary N) is 1. The van der Waals surface area contributed by atoms with Gasteiger partial charge in [0.05, 0.1) is 12.2 Å². The number of hydrogen-bond donors (Lipinski definition) is 1. The Morgan fingerprint density at radius 3 is 2.93 bits per heavy atom. The molecule has 0 spiro atoms. The van der Waals surface area contributed by atoms with Gasteiger partial charge in [-0.25, -0.2) is 4.68 Å². The van der Waals surface area contributed by atoms with E-state index in [2.05, 4.69) is 5.10 Å². The van der Waals surface area contributed by atoms with E-state index in [0.717, 1.165) is 18.5 Å². The van der Waals surface area contributed by atoms with Crippen LogP contribution in [0.5, 0.6) is 0 Å². The lowest BCUT2D eigenvalue weighted by Crippen LogP contribution is -2.27. The van der Waals surface area contributed by atoms with Gasteiger partial charge in [0.15, 0.2) is 0 Å². The number of aromatic nitrogens is 2. The molecule has 14 heavy (non-hydrogen) atoms. The van der Waals surface area contributed by atoms with E-state index in [1.54, 1.807) is 6.07 Å². The lowest BCUT2D eigenvalue weighted by Gasteiger charge is -2.05. The number of rotatable bonds is 3. The highest BCUT2D eigenvalue weighted by molar-refractivity contribution is 6.30. The van der Waals surface area contributed by atoms with Crippen molar-refractivity contribution in [3.05, 3.63) is 27.1 Å². The number of hydrogen-bond acceptors (Lipinski definition) is 3. The highest BCUT2D eigenvalue weighted by Crippen LogP contribution is 2.38. The minimum atomic E-state index is -0.249. The zero-order chi connectivity index (χ0) is 10.1. The van der Waals surface area contributed by atoms with Crippen molar-refractivity contribution in [2.45, 2.75) is 25.3 Å². The van der Waals surface area contributed by atoms with Crippen molar-refractivity contribution in [3.63, 3.8) is 0 Å². The van der Waals surface area contributed by atoms with Crippen molar-refractivity contribution in [3.8, 4) is 0 Å². The molecule has 1 aromatic rings. The first-order chi connectivity index (χ1) is 6.72.